The molecule has 0 spiro atoms. The standard InChI is InChI=1S/C14H17NO3/c1-8-3-4-9(2)13-11(8)7-10(14(18)15-13)5-6-12(16)17/h3-4,10H,5-7H2,1-2H3,(H,15,18)(H,16,17). The van der Waals surface area contributed by atoms with Crippen LogP contribution in [0, 0.1) is 19.8 Å². The molecule has 2 rings (SSSR count). The molecule has 18 heavy (non-hydrogen) atoms. The second kappa shape index (κ2) is 4.80. The molecule has 0 aromatic heterocycles. The van der Waals surface area contributed by atoms with Gasteiger partial charge in [-0.1, -0.05) is 12.1 Å². The summed E-state index contributed by atoms with van der Waals surface area (Å²) in [7, 11) is 0. The number of aliphatic carboxylic acids is 1. The lowest BCUT2D eigenvalue weighted by molar-refractivity contribution is -0.137. The average molecular weight is 247 g/mol. The van der Waals surface area contributed by atoms with E-state index in [9.17, 15) is 9.59 Å². The van der Waals surface area contributed by atoms with Gasteiger partial charge in [0.05, 0.1) is 0 Å². The van der Waals surface area contributed by atoms with Crippen LogP contribution >= 0.6 is 0 Å². The summed E-state index contributed by atoms with van der Waals surface area (Å²) in [5.74, 6) is -1.14. The van der Waals surface area contributed by atoms with Gasteiger partial charge in [-0.25, -0.2) is 0 Å². The molecule has 0 aliphatic carbocycles. The van der Waals surface area contributed by atoms with Gasteiger partial charge in [0, 0.05) is 18.0 Å². The first-order valence-corrected chi connectivity index (χ1v) is 6.10. The van der Waals surface area contributed by atoms with Crippen molar-refractivity contribution in [2.75, 3.05) is 5.32 Å². The fourth-order valence-electron chi connectivity index (χ4n) is 2.40. The molecule has 1 atom stereocenters. The first kappa shape index (κ1) is 12.6. The molecule has 1 aromatic rings. The van der Waals surface area contributed by atoms with Crippen molar-refractivity contribution < 1.29 is 14.7 Å². The van der Waals surface area contributed by atoms with Crippen LogP contribution in [0.25, 0.3) is 0 Å². The second-order valence-corrected chi connectivity index (χ2v) is 4.88. The lowest BCUT2D eigenvalue weighted by Crippen LogP contribution is -2.31. The molecular weight excluding hydrogens is 230 g/mol. The topological polar surface area (TPSA) is 66.4 Å². The molecule has 0 bridgehead atoms. The average Bonchev–Trinajstić information content (AvgIpc) is 2.32. The first-order valence-electron chi connectivity index (χ1n) is 6.10. The van der Waals surface area contributed by atoms with Crippen LogP contribution in [0.15, 0.2) is 12.1 Å². The highest BCUT2D eigenvalue weighted by Crippen LogP contribution is 2.32. The van der Waals surface area contributed by atoms with Crippen LogP contribution in [0.3, 0.4) is 0 Å². The number of carboxylic acid groups (broad SMARTS) is 1. The zero-order valence-corrected chi connectivity index (χ0v) is 10.6. The molecular formula is C14H17NO3. The molecule has 1 unspecified atom stereocenters. The van der Waals surface area contributed by atoms with Crippen molar-refractivity contribution in [2.24, 2.45) is 5.92 Å². The Hall–Kier alpha value is -1.84. The highest BCUT2D eigenvalue weighted by atomic mass is 16.4. The van der Waals surface area contributed by atoms with Crippen molar-refractivity contribution >= 4 is 17.6 Å². The maximum absolute atomic E-state index is 11.9. The number of carbonyl (C=O) groups is 2. The summed E-state index contributed by atoms with van der Waals surface area (Å²) < 4.78 is 0. The van der Waals surface area contributed by atoms with Crippen molar-refractivity contribution in [1.82, 2.24) is 0 Å². The predicted octanol–water partition coefficient (Wildman–Crippen LogP) is 2.28. The number of aryl methyl sites for hydroxylation is 2. The van der Waals surface area contributed by atoms with E-state index in [0.29, 0.717) is 12.8 Å². The van der Waals surface area contributed by atoms with E-state index in [0.717, 1.165) is 22.4 Å². The Labute approximate surface area is 106 Å². The Bertz CT molecular complexity index is 508. The van der Waals surface area contributed by atoms with Gasteiger partial charge in [0.1, 0.15) is 0 Å². The van der Waals surface area contributed by atoms with Crippen LogP contribution in [0.4, 0.5) is 5.69 Å². The van der Waals surface area contributed by atoms with Crippen LogP contribution in [0.5, 0.6) is 0 Å². The first-order chi connectivity index (χ1) is 8.49. The van der Waals surface area contributed by atoms with Crippen molar-refractivity contribution in [1.29, 1.82) is 0 Å². The number of carboxylic acids is 1. The summed E-state index contributed by atoms with van der Waals surface area (Å²) in [5, 5.41) is 11.6. The molecule has 2 N–H and O–H groups in total. The molecule has 96 valence electrons. The summed E-state index contributed by atoms with van der Waals surface area (Å²) in [6, 6.07) is 4.03. The van der Waals surface area contributed by atoms with Crippen molar-refractivity contribution in [3.63, 3.8) is 0 Å². The van der Waals surface area contributed by atoms with Crippen molar-refractivity contribution in [3.05, 3.63) is 28.8 Å². The molecule has 1 heterocycles. The quantitative estimate of drug-likeness (QED) is 0.861. The molecule has 0 radical (unpaired) electrons. The monoisotopic (exact) mass is 247 g/mol. The SMILES string of the molecule is Cc1ccc(C)c2c1CC(CCC(=O)O)C(=O)N2. The number of fused-ring (bicyclic) bond motifs is 1. The number of benzene rings is 1. The Morgan fingerprint density at radius 1 is 1.39 bits per heavy atom. The molecule has 1 aliphatic heterocycles. The van der Waals surface area contributed by atoms with E-state index in [1.807, 2.05) is 26.0 Å². The highest BCUT2D eigenvalue weighted by molar-refractivity contribution is 5.97. The van der Waals surface area contributed by atoms with Crippen LogP contribution in [0.1, 0.15) is 29.5 Å². The van der Waals surface area contributed by atoms with Gasteiger partial charge in [-0.15, -0.1) is 0 Å². The minimum atomic E-state index is -0.852. The smallest absolute Gasteiger partial charge is 0.303 e. The number of rotatable bonds is 3. The van der Waals surface area contributed by atoms with E-state index in [1.165, 1.54) is 0 Å². The number of amides is 1. The molecule has 0 saturated carbocycles. The van der Waals surface area contributed by atoms with E-state index in [4.69, 9.17) is 5.11 Å². The molecule has 4 nitrogen and oxygen atoms in total. The van der Waals surface area contributed by atoms with E-state index < -0.39 is 5.97 Å². The van der Waals surface area contributed by atoms with Gasteiger partial charge in [-0.05, 0) is 43.4 Å². The molecule has 1 amide bonds. The lowest BCUT2D eigenvalue weighted by Gasteiger charge is -2.27. The molecule has 4 heteroatoms. The zero-order valence-electron chi connectivity index (χ0n) is 10.6. The van der Waals surface area contributed by atoms with E-state index in [1.54, 1.807) is 0 Å². The van der Waals surface area contributed by atoms with Gasteiger partial charge in [0.25, 0.3) is 0 Å². The number of anilines is 1. The van der Waals surface area contributed by atoms with E-state index in [2.05, 4.69) is 5.32 Å². The van der Waals surface area contributed by atoms with Crippen molar-refractivity contribution in [2.45, 2.75) is 33.1 Å². The van der Waals surface area contributed by atoms with E-state index in [-0.39, 0.29) is 18.2 Å². The van der Waals surface area contributed by atoms with Gasteiger partial charge < -0.3 is 10.4 Å². The Kier molecular flexibility index (Phi) is 3.36. The van der Waals surface area contributed by atoms with Crippen LogP contribution in [-0.4, -0.2) is 17.0 Å². The van der Waals surface area contributed by atoms with Crippen molar-refractivity contribution in [3.8, 4) is 0 Å². The number of nitrogens with one attached hydrogen (secondary N) is 1. The van der Waals surface area contributed by atoms with Crippen LogP contribution < -0.4 is 5.32 Å². The maximum atomic E-state index is 11.9. The number of carbonyl (C=O) groups excluding carboxylic acids is 1. The fourth-order valence-corrected chi connectivity index (χ4v) is 2.40. The third-order valence-electron chi connectivity index (χ3n) is 3.53. The molecule has 0 saturated heterocycles. The van der Waals surface area contributed by atoms with Gasteiger partial charge in [-0.3, -0.25) is 9.59 Å². The zero-order chi connectivity index (χ0) is 13.3. The Morgan fingerprint density at radius 3 is 2.72 bits per heavy atom. The van der Waals surface area contributed by atoms with E-state index >= 15 is 0 Å². The Balaban J connectivity index is 2.24. The normalized spacial score (nSPS) is 18.1. The lowest BCUT2D eigenvalue weighted by atomic mass is 9.86. The van der Waals surface area contributed by atoms with Crippen LogP contribution in [0.2, 0.25) is 0 Å². The van der Waals surface area contributed by atoms with Gasteiger partial charge in [-0.2, -0.15) is 0 Å². The third-order valence-corrected chi connectivity index (χ3v) is 3.53. The highest BCUT2D eigenvalue weighted by Gasteiger charge is 2.28. The minimum absolute atomic E-state index is 0.0400. The molecule has 1 aliphatic rings. The summed E-state index contributed by atoms with van der Waals surface area (Å²) in [6.45, 7) is 3.99. The summed E-state index contributed by atoms with van der Waals surface area (Å²) in [6.07, 6.45) is 1.08. The second-order valence-electron chi connectivity index (χ2n) is 4.88. The minimum Gasteiger partial charge on any atom is -0.481 e. The third kappa shape index (κ3) is 2.37. The summed E-state index contributed by atoms with van der Waals surface area (Å²) >= 11 is 0. The number of hydrogen-bond donors (Lipinski definition) is 2. The van der Waals surface area contributed by atoms with Gasteiger partial charge in [0.15, 0.2) is 0 Å². The largest absolute Gasteiger partial charge is 0.481 e. The molecule has 1 aromatic carbocycles. The predicted molar refractivity (Wildman–Crippen MR) is 68.6 cm³/mol. The molecule has 0 fully saturated rings. The summed E-state index contributed by atoms with van der Waals surface area (Å²) in [4.78, 5) is 22.5. The number of hydrogen-bond acceptors (Lipinski definition) is 2. The maximum Gasteiger partial charge on any atom is 0.303 e. The summed E-state index contributed by atoms with van der Waals surface area (Å²) in [5.41, 5.74) is 4.26. The Morgan fingerprint density at radius 2 is 2.06 bits per heavy atom. The van der Waals surface area contributed by atoms with Crippen LogP contribution in [-0.2, 0) is 16.0 Å². The van der Waals surface area contributed by atoms with Gasteiger partial charge >= 0.3 is 5.97 Å². The fraction of sp³-hybridized carbons (Fsp3) is 0.429. The van der Waals surface area contributed by atoms with Gasteiger partial charge in [0.2, 0.25) is 5.91 Å².